The fourth-order valence-electron chi connectivity index (χ4n) is 0.252. The Morgan fingerprint density at radius 2 is 1.91 bits per heavy atom. The number of halogens is 1. The van der Waals surface area contributed by atoms with Crippen LogP contribution in [0.3, 0.4) is 0 Å². The van der Waals surface area contributed by atoms with Crippen molar-refractivity contribution in [2.75, 3.05) is 6.07 Å². The van der Waals surface area contributed by atoms with E-state index in [1.54, 1.807) is 0 Å². The van der Waals surface area contributed by atoms with Gasteiger partial charge in [0.05, 0.1) is 0 Å². The molecule has 2 N–H and O–H groups in total. The number of hydrogen-bond acceptors (Lipinski definition) is 6. The molecule has 0 aliphatic carbocycles. The zero-order chi connectivity index (χ0) is 8.85. The number of ether oxygens (including phenoxy) is 1. The highest BCUT2D eigenvalue weighted by molar-refractivity contribution is 6.43. The summed E-state index contributed by atoms with van der Waals surface area (Å²) >= 11 is 4.90. The first kappa shape index (κ1) is 10.2. The number of carbonyl (C=O) groups is 2. The third-order valence-corrected chi connectivity index (χ3v) is 0.674. The van der Waals surface area contributed by atoms with E-state index in [1.165, 1.54) is 0 Å². The maximum atomic E-state index is 10.3. The number of carbonyl (C=O) groups excluding carboxylic acids is 2. The van der Waals surface area contributed by atoms with Crippen LogP contribution in [0.5, 0.6) is 0 Å². The molecular weight excluding hydrogens is 178 g/mol. The molecule has 0 bridgehead atoms. The molecule has 0 spiro atoms. The van der Waals surface area contributed by atoms with E-state index in [4.69, 9.17) is 21.6 Å². The van der Waals surface area contributed by atoms with Crippen molar-refractivity contribution in [1.82, 2.24) is 0 Å². The average Bonchev–Trinajstić information content (AvgIpc) is 1.86. The van der Waals surface area contributed by atoms with Gasteiger partial charge in [0.25, 0.3) is 0 Å². The Hall–Kier alpha value is -0.785. The van der Waals surface area contributed by atoms with E-state index >= 15 is 0 Å². The Balaban J connectivity index is 3.74. The lowest BCUT2D eigenvalue weighted by Crippen LogP contribution is -2.28. The normalized spacial score (nSPS) is 8.64. The summed E-state index contributed by atoms with van der Waals surface area (Å²) < 4.78 is 7.54. The molecule has 0 saturated heterocycles. The van der Waals surface area contributed by atoms with Crippen LogP contribution in [-0.4, -0.2) is 35.4 Å². The van der Waals surface area contributed by atoms with Gasteiger partial charge in [-0.05, 0) is 0 Å². The highest BCUT2D eigenvalue weighted by Crippen LogP contribution is 1.86. The molecule has 0 aliphatic rings. The molecule has 0 aliphatic heterocycles. The van der Waals surface area contributed by atoms with Gasteiger partial charge in [-0.15, -0.1) is 0 Å². The fourth-order valence-corrected chi connectivity index (χ4v) is 0.351. The Labute approximate surface area is 66.8 Å². The Morgan fingerprint density at radius 1 is 1.36 bits per heavy atom. The number of rotatable bonds is 2. The van der Waals surface area contributed by atoms with Crippen LogP contribution in [0.15, 0.2) is 0 Å². The highest BCUT2D eigenvalue weighted by Gasteiger charge is 2.23. The molecule has 0 fully saturated rings. The molecule has 0 radical (unpaired) electrons. The molecule has 0 heterocycles. The molecule has 0 amide bonds. The quantitative estimate of drug-likeness (QED) is 0.227. The van der Waals surface area contributed by atoms with Gasteiger partial charge in [0.1, 0.15) is 0 Å². The first-order valence-corrected chi connectivity index (χ1v) is 2.91. The summed E-state index contributed by atoms with van der Waals surface area (Å²) in [4.78, 5) is 20.5. The standard InChI is InChI=1S/C3H4BClO6/c5-1-10-2(6)3(7)11-4(8)9/h8-9H,1H2. The molecule has 6 nitrogen and oxygen atoms in total. The maximum absolute atomic E-state index is 10.3. The molecule has 0 aromatic carbocycles. The van der Waals surface area contributed by atoms with E-state index in [1.807, 2.05) is 0 Å². The van der Waals surface area contributed by atoms with Gasteiger partial charge in [0.2, 0.25) is 0 Å². The highest BCUT2D eigenvalue weighted by atomic mass is 35.5. The van der Waals surface area contributed by atoms with Gasteiger partial charge < -0.3 is 19.4 Å². The summed E-state index contributed by atoms with van der Waals surface area (Å²) in [6, 6.07) is -0.505. The lowest BCUT2D eigenvalue weighted by Gasteiger charge is -2.00. The third-order valence-electron chi connectivity index (χ3n) is 0.565. The molecule has 0 saturated carbocycles. The van der Waals surface area contributed by atoms with Gasteiger partial charge in [0.15, 0.2) is 6.07 Å². The van der Waals surface area contributed by atoms with Crippen molar-refractivity contribution in [3.8, 4) is 0 Å². The minimum atomic E-state index is -2.33. The summed E-state index contributed by atoms with van der Waals surface area (Å²) in [5, 5.41) is 16.0. The molecule has 11 heavy (non-hydrogen) atoms. The van der Waals surface area contributed by atoms with Crippen molar-refractivity contribution < 1.29 is 29.0 Å². The van der Waals surface area contributed by atoms with Crippen LogP contribution in [0.25, 0.3) is 0 Å². The Kier molecular flexibility index (Phi) is 4.59. The van der Waals surface area contributed by atoms with E-state index in [9.17, 15) is 9.59 Å². The van der Waals surface area contributed by atoms with Gasteiger partial charge in [-0.3, -0.25) is 0 Å². The summed E-state index contributed by atoms with van der Waals surface area (Å²) in [5.41, 5.74) is 0. The second kappa shape index (κ2) is 4.94. The van der Waals surface area contributed by atoms with E-state index in [0.29, 0.717) is 0 Å². The van der Waals surface area contributed by atoms with Crippen molar-refractivity contribution in [1.29, 1.82) is 0 Å². The number of hydrogen-bond donors (Lipinski definition) is 2. The molecule has 0 unspecified atom stereocenters. The van der Waals surface area contributed by atoms with Crippen LogP contribution in [0.1, 0.15) is 0 Å². The van der Waals surface area contributed by atoms with Gasteiger partial charge >= 0.3 is 19.3 Å². The second-order valence-electron chi connectivity index (χ2n) is 1.27. The van der Waals surface area contributed by atoms with E-state index in [-0.39, 0.29) is 0 Å². The van der Waals surface area contributed by atoms with Crippen molar-refractivity contribution in [3.05, 3.63) is 0 Å². The summed E-state index contributed by atoms with van der Waals surface area (Å²) in [6.07, 6.45) is 0. The topological polar surface area (TPSA) is 93.1 Å². The fraction of sp³-hybridized carbons (Fsp3) is 0.333. The van der Waals surface area contributed by atoms with Crippen LogP contribution < -0.4 is 0 Å². The summed E-state index contributed by atoms with van der Waals surface area (Å²) in [6.45, 7) is 0. The lowest BCUT2D eigenvalue weighted by atomic mass is 10.3. The van der Waals surface area contributed by atoms with E-state index in [0.717, 1.165) is 0 Å². The zero-order valence-electron chi connectivity index (χ0n) is 5.19. The van der Waals surface area contributed by atoms with Crippen molar-refractivity contribution in [2.45, 2.75) is 0 Å². The van der Waals surface area contributed by atoms with Crippen molar-refractivity contribution in [2.24, 2.45) is 0 Å². The molecule has 0 aromatic heterocycles. The predicted octanol–water partition coefficient (Wildman–Crippen LogP) is -1.76. The van der Waals surface area contributed by atoms with E-state index < -0.39 is 25.3 Å². The molecule has 8 heteroatoms. The van der Waals surface area contributed by atoms with Gasteiger partial charge in [0, 0.05) is 0 Å². The summed E-state index contributed by atoms with van der Waals surface area (Å²) in [7, 11) is -2.33. The Bertz CT molecular complexity index is 158. The van der Waals surface area contributed by atoms with Gasteiger partial charge in [-0.25, -0.2) is 9.59 Å². The van der Waals surface area contributed by atoms with Crippen LogP contribution in [0.2, 0.25) is 0 Å². The first-order valence-electron chi connectivity index (χ1n) is 2.37. The van der Waals surface area contributed by atoms with Gasteiger partial charge in [-0.2, -0.15) is 0 Å². The third kappa shape index (κ3) is 4.60. The molecule has 62 valence electrons. The summed E-state index contributed by atoms with van der Waals surface area (Å²) in [5.74, 6) is -2.89. The molecule has 0 aromatic rings. The minimum Gasteiger partial charge on any atom is -0.476 e. The predicted molar refractivity (Wildman–Crippen MR) is 33.1 cm³/mol. The van der Waals surface area contributed by atoms with Crippen LogP contribution in [0, 0.1) is 0 Å². The monoisotopic (exact) mass is 182 g/mol. The minimum absolute atomic E-state index is 0.505. The van der Waals surface area contributed by atoms with Gasteiger partial charge in [-0.1, -0.05) is 11.6 Å². The zero-order valence-corrected chi connectivity index (χ0v) is 5.95. The van der Waals surface area contributed by atoms with Crippen molar-refractivity contribution >= 4 is 30.9 Å². The SMILES string of the molecule is O=C(OCCl)C(=O)OB(O)O. The van der Waals surface area contributed by atoms with Crippen LogP contribution in [-0.2, 0) is 19.0 Å². The number of alkyl halides is 1. The molecule has 0 atom stereocenters. The number of esters is 1. The van der Waals surface area contributed by atoms with Crippen LogP contribution in [0.4, 0.5) is 0 Å². The molecular formula is C3H4BClO6. The average molecular weight is 182 g/mol. The Morgan fingerprint density at radius 3 is 2.27 bits per heavy atom. The smallest absolute Gasteiger partial charge is 0.476 e. The lowest BCUT2D eigenvalue weighted by molar-refractivity contribution is -0.162. The molecule has 0 rings (SSSR count). The largest absolute Gasteiger partial charge is 0.709 e. The van der Waals surface area contributed by atoms with E-state index in [2.05, 4.69) is 9.39 Å². The van der Waals surface area contributed by atoms with Crippen LogP contribution >= 0.6 is 11.6 Å². The maximum Gasteiger partial charge on any atom is 0.709 e. The van der Waals surface area contributed by atoms with Crippen molar-refractivity contribution in [3.63, 3.8) is 0 Å². The first-order chi connectivity index (χ1) is 5.07. The second-order valence-corrected chi connectivity index (χ2v) is 1.49.